The van der Waals surface area contributed by atoms with Crippen molar-refractivity contribution in [3.8, 4) is 0 Å². The molecule has 0 radical (unpaired) electrons. The van der Waals surface area contributed by atoms with Crippen LogP contribution in [-0.4, -0.2) is 17.9 Å². The second-order valence-electron chi connectivity index (χ2n) is 4.68. The van der Waals surface area contributed by atoms with Crippen LogP contribution in [0.2, 0.25) is 0 Å². The van der Waals surface area contributed by atoms with E-state index in [9.17, 15) is 4.79 Å². The van der Waals surface area contributed by atoms with E-state index < -0.39 is 0 Å². The Bertz CT molecular complexity index is 355. The predicted molar refractivity (Wildman–Crippen MR) is 67.8 cm³/mol. The summed E-state index contributed by atoms with van der Waals surface area (Å²) in [6.07, 6.45) is 0.904. The number of carbonyl (C=O) groups excluding carboxylic acids is 1. The van der Waals surface area contributed by atoms with Crippen molar-refractivity contribution in [1.82, 2.24) is 0 Å². The number of hydrogen-bond donors (Lipinski definition) is 2. The fraction of sp³-hybridized carbons (Fsp3) is 0.462. The highest BCUT2D eigenvalue weighted by Crippen LogP contribution is 2.18. The predicted octanol–water partition coefficient (Wildman–Crippen LogP) is 2.43. The van der Waals surface area contributed by atoms with E-state index in [1.165, 1.54) is 0 Å². The standard InChI is InChI=1S/C13H20N2O/c1-10(16)11-4-6-12(7-5-11)15-13(2,3)8-9-14/h4-7,15H,8-9,14H2,1-3H3. The first-order valence-electron chi connectivity index (χ1n) is 5.54. The molecule has 0 saturated carbocycles. The maximum absolute atomic E-state index is 11.1. The summed E-state index contributed by atoms with van der Waals surface area (Å²) in [5, 5.41) is 3.39. The zero-order chi connectivity index (χ0) is 12.2. The van der Waals surface area contributed by atoms with E-state index in [-0.39, 0.29) is 11.3 Å². The highest BCUT2D eigenvalue weighted by Gasteiger charge is 2.15. The molecular weight excluding hydrogens is 200 g/mol. The molecule has 16 heavy (non-hydrogen) atoms. The van der Waals surface area contributed by atoms with Crippen LogP contribution in [0.1, 0.15) is 37.6 Å². The molecule has 0 fully saturated rings. The minimum atomic E-state index is -0.0213. The lowest BCUT2D eigenvalue weighted by atomic mass is 10.00. The van der Waals surface area contributed by atoms with Crippen molar-refractivity contribution in [3.63, 3.8) is 0 Å². The first-order chi connectivity index (χ1) is 7.44. The lowest BCUT2D eigenvalue weighted by Gasteiger charge is -2.27. The van der Waals surface area contributed by atoms with Gasteiger partial charge in [-0.3, -0.25) is 4.79 Å². The minimum absolute atomic E-state index is 0.0213. The monoisotopic (exact) mass is 220 g/mol. The third-order valence-corrected chi connectivity index (χ3v) is 2.54. The molecule has 0 aliphatic rings. The van der Waals surface area contributed by atoms with Crippen molar-refractivity contribution in [1.29, 1.82) is 0 Å². The van der Waals surface area contributed by atoms with E-state index in [0.717, 1.165) is 17.7 Å². The van der Waals surface area contributed by atoms with Crippen LogP contribution in [-0.2, 0) is 0 Å². The summed E-state index contributed by atoms with van der Waals surface area (Å²) in [4.78, 5) is 11.1. The summed E-state index contributed by atoms with van der Waals surface area (Å²) in [6, 6.07) is 7.52. The Kier molecular flexibility index (Phi) is 4.07. The van der Waals surface area contributed by atoms with Gasteiger partial charge in [0.2, 0.25) is 0 Å². The number of benzene rings is 1. The van der Waals surface area contributed by atoms with E-state index >= 15 is 0 Å². The van der Waals surface area contributed by atoms with Crippen LogP contribution < -0.4 is 11.1 Å². The van der Waals surface area contributed by atoms with Gasteiger partial charge in [0.1, 0.15) is 0 Å². The fourth-order valence-electron chi connectivity index (χ4n) is 1.60. The molecule has 0 saturated heterocycles. The normalized spacial score (nSPS) is 11.2. The Balaban J connectivity index is 2.72. The van der Waals surface area contributed by atoms with Gasteiger partial charge >= 0.3 is 0 Å². The van der Waals surface area contributed by atoms with Crippen molar-refractivity contribution in [2.75, 3.05) is 11.9 Å². The number of rotatable bonds is 5. The summed E-state index contributed by atoms with van der Waals surface area (Å²) in [7, 11) is 0. The summed E-state index contributed by atoms with van der Waals surface area (Å²) in [5.41, 5.74) is 7.28. The van der Waals surface area contributed by atoms with Gasteiger partial charge in [0.05, 0.1) is 0 Å². The average molecular weight is 220 g/mol. The highest BCUT2D eigenvalue weighted by molar-refractivity contribution is 5.94. The van der Waals surface area contributed by atoms with Gasteiger partial charge in [0, 0.05) is 16.8 Å². The topological polar surface area (TPSA) is 55.1 Å². The minimum Gasteiger partial charge on any atom is -0.380 e. The van der Waals surface area contributed by atoms with Crippen molar-refractivity contribution in [2.24, 2.45) is 5.73 Å². The molecule has 1 rings (SSSR count). The summed E-state index contributed by atoms with van der Waals surface area (Å²) < 4.78 is 0. The smallest absolute Gasteiger partial charge is 0.159 e. The van der Waals surface area contributed by atoms with E-state index in [0.29, 0.717) is 6.54 Å². The fourth-order valence-corrected chi connectivity index (χ4v) is 1.60. The van der Waals surface area contributed by atoms with Gasteiger partial charge in [-0.2, -0.15) is 0 Å². The zero-order valence-electron chi connectivity index (χ0n) is 10.2. The number of hydrogen-bond acceptors (Lipinski definition) is 3. The van der Waals surface area contributed by atoms with Gasteiger partial charge in [-0.25, -0.2) is 0 Å². The van der Waals surface area contributed by atoms with Crippen molar-refractivity contribution in [3.05, 3.63) is 29.8 Å². The lowest BCUT2D eigenvalue weighted by Crippen LogP contribution is -2.33. The van der Waals surface area contributed by atoms with E-state index in [1.807, 2.05) is 24.3 Å². The van der Waals surface area contributed by atoms with Crippen LogP contribution in [0.15, 0.2) is 24.3 Å². The quantitative estimate of drug-likeness (QED) is 0.749. The Morgan fingerprint density at radius 1 is 1.31 bits per heavy atom. The Labute approximate surface area is 97.0 Å². The molecule has 0 atom stereocenters. The molecule has 1 aromatic rings. The van der Waals surface area contributed by atoms with Gasteiger partial charge in [-0.1, -0.05) is 0 Å². The van der Waals surface area contributed by atoms with E-state index in [1.54, 1.807) is 6.92 Å². The maximum Gasteiger partial charge on any atom is 0.159 e. The molecule has 0 aromatic heterocycles. The van der Waals surface area contributed by atoms with E-state index in [4.69, 9.17) is 5.73 Å². The van der Waals surface area contributed by atoms with Gasteiger partial charge in [0.25, 0.3) is 0 Å². The Morgan fingerprint density at radius 3 is 2.31 bits per heavy atom. The first kappa shape index (κ1) is 12.7. The van der Waals surface area contributed by atoms with Crippen LogP contribution in [0, 0.1) is 0 Å². The third kappa shape index (κ3) is 3.66. The number of carbonyl (C=O) groups is 1. The van der Waals surface area contributed by atoms with Crippen LogP contribution in [0.5, 0.6) is 0 Å². The molecular formula is C13H20N2O. The second-order valence-corrected chi connectivity index (χ2v) is 4.68. The SMILES string of the molecule is CC(=O)c1ccc(NC(C)(C)CCN)cc1. The Hall–Kier alpha value is -1.35. The second kappa shape index (κ2) is 5.12. The number of nitrogens with one attached hydrogen (secondary N) is 1. The first-order valence-corrected chi connectivity index (χ1v) is 5.54. The van der Waals surface area contributed by atoms with Crippen LogP contribution in [0.3, 0.4) is 0 Å². The molecule has 0 bridgehead atoms. The Morgan fingerprint density at radius 2 is 1.88 bits per heavy atom. The van der Waals surface area contributed by atoms with Crippen molar-refractivity contribution in [2.45, 2.75) is 32.7 Å². The van der Waals surface area contributed by atoms with Crippen molar-refractivity contribution < 1.29 is 4.79 Å². The molecule has 3 nitrogen and oxygen atoms in total. The average Bonchev–Trinajstić information content (AvgIpc) is 2.17. The largest absolute Gasteiger partial charge is 0.380 e. The summed E-state index contributed by atoms with van der Waals surface area (Å²) in [5.74, 6) is 0.0905. The van der Waals surface area contributed by atoms with Gasteiger partial charge in [0.15, 0.2) is 5.78 Å². The van der Waals surface area contributed by atoms with Crippen LogP contribution in [0.25, 0.3) is 0 Å². The molecule has 3 heteroatoms. The molecule has 0 amide bonds. The molecule has 1 aromatic carbocycles. The summed E-state index contributed by atoms with van der Waals surface area (Å²) >= 11 is 0. The van der Waals surface area contributed by atoms with Gasteiger partial charge in [-0.15, -0.1) is 0 Å². The number of anilines is 1. The number of Topliss-reactive ketones (excluding diaryl/α,β-unsaturated/α-hetero) is 1. The van der Waals surface area contributed by atoms with Crippen molar-refractivity contribution >= 4 is 11.5 Å². The maximum atomic E-state index is 11.1. The molecule has 0 unspecified atom stereocenters. The van der Waals surface area contributed by atoms with Gasteiger partial charge in [-0.05, 0) is 58.0 Å². The molecule has 0 spiro atoms. The van der Waals surface area contributed by atoms with E-state index in [2.05, 4.69) is 19.2 Å². The zero-order valence-corrected chi connectivity index (χ0v) is 10.2. The highest BCUT2D eigenvalue weighted by atomic mass is 16.1. The number of nitrogens with two attached hydrogens (primary N) is 1. The van der Waals surface area contributed by atoms with Crippen LogP contribution in [0.4, 0.5) is 5.69 Å². The molecule has 0 heterocycles. The lowest BCUT2D eigenvalue weighted by molar-refractivity contribution is 0.101. The molecule has 3 N–H and O–H groups in total. The molecule has 0 aliphatic heterocycles. The summed E-state index contributed by atoms with van der Waals surface area (Å²) in [6.45, 7) is 6.45. The van der Waals surface area contributed by atoms with Gasteiger partial charge < -0.3 is 11.1 Å². The molecule has 88 valence electrons. The van der Waals surface area contributed by atoms with Crippen LogP contribution >= 0.6 is 0 Å². The number of ketones is 1. The molecule has 0 aliphatic carbocycles. The third-order valence-electron chi connectivity index (χ3n) is 2.54.